The number of nitrogens with one attached hydrogen (secondary N) is 1. The second-order valence-electron chi connectivity index (χ2n) is 7.55. The Morgan fingerprint density at radius 1 is 1.05 bits per heavy atom. The monoisotopic (exact) mass is 337 g/mol. The Bertz CT molecular complexity index is 432. The number of unbranched alkanes of at least 4 members (excludes halogenated alkanes) is 1. The van der Waals surface area contributed by atoms with Crippen LogP contribution in [0, 0.1) is 5.41 Å². The van der Waals surface area contributed by atoms with E-state index >= 15 is 0 Å². The van der Waals surface area contributed by atoms with Crippen LogP contribution in [0.25, 0.3) is 0 Å². The first-order chi connectivity index (χ1) is 9.81. The largest absolute Gasteiger partial charge is 0.459 e. The molecule has 132 valence electrons. The maximum atomic E-state index is 11.7. The van der Waals surface area contributed by atoms with Crippen LogP contribution in [-0.4, -0.2) is 45.4 Å². The molecule has 0 aromatic carbocycles. The van der Waals surface area contributed by atoms with Crippen molar-refractivity contribution in [3.05, 3.63) is 0 Å². The average molecular weight is 337 g/mol. The van der Waals surface area contributed by atoms with Gasteiger partial charge in [-0.05, 0) is 45.6 Å². The molecule has 22 heavy (non-hydrogen) atoms. The lowest BCUT2D eigenvalue weighted by atomic mass is 10.0. The molecule has 0 aliphatic heterocycles. The van der Waals surface area contributed by atoms with Crippen molar-refractivity contribution >= 4 is 16.1 Å². The van der Waals surface area contributed by atoms with Gasteiger partial charge in [0.2, 0.25) is 0 Å². The summed E-state index contributed by atoms with van der Waals surface area (Å²) in [5.74, 6) is -0.284. The highest BCUT2D eigenvalue weighted by molar-refractivity contribution is 7.86. The molecule has 0 heterocycles. The van der Waals surface area contributed by atoms with Crippen molar-refractivity contribution < 1.29 is 22.1 Å². The Morgan fingerprint density at radius 2 is 1.64 bits per heavy atom. The number of ether oxygens (including phenoxy) is 1. The highest BCUT2D eigenvalue weighted by Gasteiger charge is 2.22. The second kappa shape index (κ2) is 8.84. The molecule has 0 saturated carbocycles. The van der Waals surface area contributed by atoms with Crippen molar-refractivity contribution in [1.82, 2.24) is 5.32 Å². The SMILES string of the molecule is CC(C)(C)CS(=O)(=O)OCCCCNCC(=O)OC(C)(C)C. The summed E-state index contributed by atoms with van der Waals surface area (Å²) in [7, 11) is -3.46. The zero-order valence-electron chi connectivity index (χ0n) is 14.7. The molecule has 0 unspecified atom stereocenters. The van der Waals surface area contributed by atoms with E-state index < -0.39 is 15.7 Å². The molecule has 1 N–H and O–H groups in total. The molecule has 0 aliphatic carbocycles. The van der Waals surface area contributed by atoms with Gasteiger partial charge in [0.25, 0.3) is 10.1 Å². The standard InChI is InChI=1S/C15H31NO5S/c1-14(2,3)12-22(18,19)20-10-8-7-9-16-11-13(17)21-15(4,5)6/h16H,7-12H2,1-6H3. The van der Waals surface area contributed by atoms with E-state index in [1.54, 1.807) is 0 Å². The third-order valence-electron chi connectivity index (χ3n) is 2.31. The van der Waals surface area contributed by atoms with E-state index in [1.807, 2.05) is 41.5 Å². The van der Waals surface area contributed by atoms with Crippen molar-refractivity contribution in [2.45, 2.75) is 60.0 Å². The van der Waals surface area contributed by atoms with E-state index in [2.05, 4.69) is 5.32 Å². The third-order valence-corrected chi connectivity index (χ3v) is 4.06. The maximum Gasteiger partial charge on any atom is 0.320 e. The summed E-state index contributed by atoms with van der Waals surface area (Å²) < 4.78 is 33.4. The van der Waals surface area contributed by atoms with Gasteiger partial charge in [0.15, 0.2) is 0 Å². The lowest BCUT2D eigenvalue weighted by Gasteiger charge is -2.19. The summed E-state index contributed by atoms with van der Waals surface area (Å²) >= 11 is 0. The van der Waals surface area contributed by atoms with E-state index in [0.717, 1.165) is 6.42 Å². The molecule has 0 amide bonds. The number of esters is 1. The molecule has 0 saturated heterocycles. The molecule has 0 radical (unpaired) electrons. The van der Waals surface area contributed by atoms with Gasteiger partial charge in [-0.3, -0.25) is 8.98 Å². The van der Waals surface area contributed by atoms with Crippen LogP contribution < -0.4 is 5.32 Å². The molecule has 0 aromatic heterocycles. The minimum Gasteiger partial charge on any atom is -0.459 e. The molecule has 0 fully saturated rings. The Morgan fingerprint density at radius 3 is 2.14 bits per heavy atom. The van der Waals surface area contributed by atoms with E-state index in [-0.39, 0.29) is 30.3 Å². The molecule has 0 bridgehead atoms. The first kappa shape index (κ1) is 21.3. The van der Waals surface area contributed by atoms with Gasteiger partial charge < -0.3 is 10.1 Å². The summed E-state index contributed by atoms with van der Waals surface area (Å²) in [5, 5.41) is 2.96. The minimum atomic E-state index is -3.46. The third kappa shape index (κ3) is 14.3. The van der Waals surface area contributed by atoms with Crippen LogP contribution in [0.15, 0.2) is 0 Å². The van der Waals surface area contributed by atoms with Crippen LogP contribution in [0.4, 0.5) is 0 Å². The van der Waals surface area contributed by atoms with Crippen molar-refractivity contribution in [2.75, 3.05) is 25.4 Å². The molecule has 7 heteroatoms. The predicted molar refractivity (Wildman–Crippen MR) is 87.1 cm³/mol. The fourth-order valence-electron chi connectivity index (χ4n) is 1.68. The Kier molecular flexibility index (Phi) is 8.57. The van der Waals surface area contributed by atoms with Crippen molar-refractivity contribution in [3.8, 4) is 0 Å². The molecule has 0 atom stereocenters. The van der Waals surface area contributed by atoms with E-state index in [0.29, 0.717) is 13.0 Å². The van der Waals surface area contributed by atoms with Gasteiger partial charge in [0.1, 0.15) is 5.60 Å². The molecule has 0 aromatic rings. The predicted octanol–water partition coefficient (Wildman–Crippen LogP) is 2.09. The number of hydrogen-bond donors (Lipinski definition) is 1. The molecular weight excluding hydrogens is 306 g/mol. The van der Waals surface area contributed by atoms with Gasteiger partial charge in [0, 0.05) is 0 Å². The topological polar surface area (TPSA) is 81.7 Å². The number of carbonyl (C=O) groups excluding carboxylic acids is 1. The zero-order chi connectivity index (χ0) is 17.4. The van der Waals surface area contributed by atoms with Crippen LogP contribution in [0.3, 0.4) is 0 Å². The fourth-order valence-corrected chi connectivity index (χ4v) is 3.19. The summed E-state index contributed by atoms with van der Waals surface area (Å²) in [4.78, 5) is 11.4. The summed E-state index contributed by atoms with van der Waals surface area (Å²) in [6.07, 6.45) is 1.35. The second-order valence-corrected chi connectivity index (χ2v) is 9.19. The molecular formula is C15H31NO5S. The van der Waals surface area contributed by atoms with E-state index in [1.165, 1.54) is 0 Å². The van der Waals surface area contributed by atoms with Crippen LogP contribution in [0.1, 0.15) is 54.4 Å². The van der Waals surface area contributed by atoms with Gasteiger partial charge in [-0.2, -0.15) is 8.42 Å². The Hall–Kier alpha value is -0.660. The zero-order valence-corrected chi connectivity index (χ0v) is 15.5. The van der Waals surface area contributed by atoms with Crippen molar-refractivity contribution in [1.29, 1.82) is 0 Å². The number of carbonyl (C=O) groups is 1. The average Bonchev–Trinajstić information content (AvgIpc) is 2.21. The normalized spacial score (nSPS) is 13.2. The number of rotatable bonds is 9. The molecule has 0 aliphatic rings. The molecule has 0 spiro atoms. The minimum absolute atomic E-state index is 0.0108. The van der Waals surface area contributed by atoms with Gasteiger partial charge in [-0.25, -0.2) is 0 Å². The van der Waals surface area contributed by atoms with E-state index in [9.17, 15) is 13.2 Å². The lowest BCUT2D eigenvalue weighted by Crippen LogP contribution is -2.32. The van der Waals surface area contributed by atoms with Crippen LogP contribution >= 0.6 is 0 Å². The summed E-state index contributed by atoms with van der Waals surface area (Å²) in [6.45, 7) is 12.0. The lowest BCUT2D eigenvalue weighted by molar-refractivity contribution is -0.153. The molecule has 6 nitrogen and oxygen atoms in total. The quantitative estimate of drug-likeness (QED) is 0.394. The van der Waals surface area contributed by atoms with Crippen LogP contribution in [-0.2, 0) is 23.8 Å². The Labute approximate surface area is 135 Å². The first-order valence-corrected chi connectivity index (χ1v) is 9.18. The van der Waals surface area contributed by atoms with Crippen LogP contribution in [0.5, 0.6) is 0 Å². The van der Waals surface area contributed by atoms with Gasteiger partial charge in [-0.15, -0.1) is 0 Å². The number of hydrogen-bond acceptors (Lipinski definition) is 6. The summed E-state index contributed by atoms with van der Waals surface area (Å²) in [6, 6.07) is 0. The van der Waals surface area contributed by atoms with Gasteiger partial charge >= 0.3 is 5.97 Å². The highest BCUT2D eigenvalue weighted by Crippen LogP contribution is 2.17. The molecule has 0 rings (SSSR count). The maximum absolute atomic E-state index is 11.7. The van der Waals surface area contributed by atoms with E-state index in [4.69, 9.17) is 8.92 Å². The fraction of sp³-hybridized carbons (Fsp3) is 0.933. The van der Waals surface area contributed by atoms with Gasteiger partial charge in [0.05, 0.1) is 18.9 Å². The Balaban J connectivity index is 3.69. The van der Waals surface area contributed by atoms with Crippen LogP contribution in [0.2, 0.25) is 0 Å². The summed E-state index contributed by atoms with van der Waals surface area (Å²) in [5.41, 5.74) is -0.790. The van der Waals surface area contributed by atoms with Gasteiger partial charge in [-0.1, -0.05) is 20.8 Å². The highest BCUT2D eigenvalue weighted by atomic mass is 32.2. The first-order valence-electron chi connectivity index (χ1n) is 7.60. The van der Waals surface area contributed by atoms with Crippen molar-refractivity contribution in [3.63, 3.8) is 0 Å². The smallest absolute Gasteiger partial charge is 0.320 e. The van der Waals surface area contributed by atoms with Crippen molar-refractivity contribution in [2.24, 2.45) is 5.41 Å².